The van der Waals surface area contributed by atoms with E-state index in [4.69, 9.17) is 14.3 Å². The van der Waals surface area contributed by atoms with Crippen LogP contribution < -0.4 is 0 Å². The second-order valence-corrected chi connectivity index (χ2v) is 9.12. The number of halogens is 3. The Morgan fingerprint density at radius 2 is 1.76 bits per heavy atom. The van der Waals surface area contributed by atoms with Crippen LogP contribution in [0.25, 0.3) is 11.0 Å². The van der Waals surface area contributed by atoms with Crippen molar-refractivity contribution in [2.45, 2.75) is 32.0 Å². The van der Waals surface area contributed by atoms with E-state index in [1.54, 1.807) is 35.4 Å². The maximum absolute atomic E-state index is 12.9. The van der Waals surface area contributed by atoms with Crippen molar-refractivity contribution in [2.75, 3.05) is 26.2 Å². The van der Waals surface area contributed by atoms with E-state index in [0.717, 1.165) is 44.4 Å². The number of nitrogens with zero attached hydrogens (tertiary/aromatic N) is 5. The van der Waals surface area contributed by atoms with Gasteiger partial charge in [0, 0.05) is 56.4 Å². The molecule has 5 heterocycles. The molecule has 0 aromatic carbocycles. The van der Waals surface area contributed by atoms with E-state index >= 15 is 0 Å². The lowest BCUT2D eigenvalue weighted by atomic mass is 9.91. The van der Waals surface area contributed by atoms with Gasteiger partial charge in [0.15, 0.2) is 5.76 Å². The van der Waals surface area contributed by atoms with Crippen molar-refractivity contribution in [3.63, 3.8) is 0 Å². The number of amides is 2. The van der Waals surface area contributed by atoms with Crippen LogP contribution in [0.15, 0.2) is 47.4 Å². The monoisotopic (exact) mass is 521 g/mol. The highest BCUT2D eigenvalue weighted by atomic mass is 19.4. The quantitative estimate of drug-likeness (QED) is 0.559. The van der Waals surface area contributed by atoms with Gasteiger partial charge >= 0.3 is 12.1 Å². The summed E-state index contributed by atoms with van der Waals surface area (Å²) < 4.78 is 39.2. The van der Waals surface area contributed by atoms with Crippen molar-refractivity contribution < 1.29 is 37.1 Å². The SMILES string of the molecule is CC(C(=O)N1CCC(C2CCN(C(=O)c3cc4cnccc4o3)C2)C1)n1cccn1.O=C(O)C(F)(F)F. The van der Waals surface area contributed by atoms with Crippen LogP contribution >= 0.6 is 0 Å². The normalized spacial score (nSPS) is 20.5. The molecule has 2 aliphatic rings. The Labute approximate surface area is 209 Å². The molecule has 0 radical (unpaired) electrons. The molecule has 13 heteroatoms. The first-order chi connectivity index (χ1) is 17.5. The number of fused-ring (bicyclic) bond motifs is 1. The van der Waals surface area contributed by atoms with Crippen molar-refractivity contribution >= 4 is 28.8 Å². The lowest BCUT2D eigenvalue weighted by Gasteiger charge is -2.23. The smallest absolute Gasteiger partial charge is 0.475 e. The zero-order valence-electron chi connectivity index (χ0n) is 20.0. The maximum atomic E-state index is 12.9. The van der Waals surface area contributed by atoms with Crippen LogP contribution in [-0.2, 0) is 9.59 Å². The number of aliphatic carboxylic acids is 1. The zero-order valence-corrected chi connectivity index (χ0v) is 20.0. The Morgan fingerprint density at radius 3 is 2.35 bits per heavy atom. The first-order valence-corrected chi connectivity index (χ1v) is 11.8. The van der Waals surface area contributed by atoms with Crippen LogP contribution in [0.3, 0.4) is 0 Å². The fourth-order valence-electron chi connectivity index (χ4n) is 4.76. The molecule has 198 valence electrons. The third kappa shape index (κ3) is 5.92. The average molecular weight is 521 g/mol. The van der Waals surface area contributed by atoms with Gasteiger partial charge < -0.3 is 19.3 Å². The molecule has 1 N–H and O–H groups in total. The van der Waals surface area contributed by atoms with Crippen LogP contribution in [0, 0.1) is 11.8 Å². The minimum atomic E-state index is -5.08. The first-order valence-electron chi connectivity index (χ1n) is 11.8. The van der Waals surface area contributed by atoms with Crippen LogP contribution in [0.4, 0.5) is 13.2 Å². The summed E-state index contributed by atoms with van der Waals surface area (Å²) in [6, 6.07) is 5.08. The molecule has 37 heavy (non-hydrogen) atoms. The van der Waals surface area contributed by atoms with Crippen LogP contribution in [0.2, 0.25) is 0 Å². The number of likely N-dealkylation sites (tertiary alicyclic amines) is 2. The van der Waals surface area contributed by atoms with Crippen molar-refractivity contribution in [3.8, 4) is 0 Å². The summed E-state index contributed by atoms with van der Waals surface area (Å²) in [6.45, 7) is 4.87. The summed E-state index contributed by atoms with van der Waals surface area (Å²) >= 11 is 0. The van der Waals surface area contributed by atoms with E-state index in [1.807, 2.05) is 29.0 Å². The molecule has 0 saturated carbocycles. The van der Waals surface area contributed by atoms with Gasteiger partial charge in [-0.2, -0.15) is 18.3 Å². The number of carbonyl (C=O) groups is 3. The third-order valence-electron chi connectivity index (χ3n) is 6.76. The topological polar surface area (TPSA) is 122 Å². The van der Waals surface area contributed by atoms with Gasteiger partial charge in [-0.25, -0.2) is 4.79 Å². The molecule has 10 nitrogen and oxygen atoms in total. The largest absolute Gasteiger partial charge is 0.490 e. The van der Waals surface area contributed by atoms with Gasteiger partial charge in [0.2, 0.25) is 5.91 Å². The number of hydrogen-bond acceptors (Lipinski definition) is 6. The minimum absolute atomic E-state index is 0.0630. The number of rotatable bonds is 4. The summed E-state index contributed by atoms with van der Waals surface area (Å²) in [5.74, 6) is -1.49. The van der Waals surface area contributed by atoms with E-state index in [2.05, 4.69) is 10.1 Å². The Kier molecular flexibility index (Phi) is 7.50. The maximum Gasteiger partial charge on any atom is 0.490 e. The number of carboxylic acids is 1. The highest BCUT2D eigenvalue weighted by Crippen LogP contribution is 2.33. The summed E-state index contributed by atoms with van der Waals surface area (Å²) in [4.78, 5) is 42.5. The summed E-state index contributed by atoms with van der Waals surface area (Å²) in [5.41, 5.74) is 0.681. The highest BCUT2D eigenvalue weighted by molar-refractivity contribution is 5.96. The molecule has 3 aromatic rings. The molecule has 0 bridgehead atoms. The van der Waals surface area contributed by atoms with Gasteiger partial charge in [-0.1, -0.05) is 0 Å². The Balaban J connectivity index is 0.000000405. The molecule has 2 aliphatic heterocycles. The molecule has 0 aliphatic carbocycles. The van der Waals surface area contributed by atoms with Gasteiger partial charge in [-0.05, 0) is 49.8 Å². The van der Waals surface area contributed by atoms with Gasteiger partial charge in [0.1, 0.15) is 11.6 Å². The van der Waals surface area contributed by atoms with Gasteiger partial charge in [-0.15, -0.1) is 0 Å². The van der Waals surface area contributed by atoms with E-state index in [0.29, 0.717) is 23.2 Å². The fourth-order valence-corrected chi connectivity index (χ4v) is 4.76. The van der Waals surface area contributed by atoms with Crippen LogP contribution in [0.5, 0.6) is 0 Å². The predicted octanol–water partition coefficient (Wildman–Crippen LogP) is 3.23. The molecule has 3 atom stereocenters. The van der Waals surface area contributed by atoms with Crippen molar-refractivity contribution in [1.29, 1.82) is 0 Å². The lowest BCUT2D eigenvalue weighted by Crippen LogP contribution is -2.35. The molecular weight excluding hydrogens is 495 g/mol. The molecule has 2 fully saturated rings. The molecule has 3 aromatic heterocycles. The third-order valence-corrected chi connectivity index (χ3v) is 6.76. The molecule has 0 spiro atoms. The zero-order chi connectivity index (χ0) is 26.7. The Hall–Kier alpha value is -3.90. The average Bonchev–Trinajstić information content (AvgIpc) is 3.68. The minimum Gasteiger partial charge on any atom is -0.475 e. The Bertz CT molecular complexity index is 1230. The van der Waals surface area contributed by atoms with Crippen molar-refractivity contribution in [2.24, 2.45) is 11.8 Å². The lowest BCUT2D eigenvalue weighted by molar-refractivity contribution is -0.192. The second kappa shape index (κ2) is 10.6. The van der Waals surface area contributed by atoms with E-state index < -0.39 is 12.1 Å². The van der Waals surface area contributed by atoms with Gasteiger partial charge in [-0.3, -0.25) is 19.3 Å². The predicted molar refractivity (Wildman–Crippen MR) is 123 cm³/mol. The summed E-state index contributed by atoms with van der Waals surface area (Å²) in [6.07, 6.45) is 3.75. The van der Waals surface area contributed by atoms with E-state index in [1.165, 1.54) is 0 Å². The molecule has 2 saturated heterocycles. The van der Waals surface area contributed by atoms with Crippen molar-refractivity contribution in [3.05, 3.63) is 48.7 Å². The molecule has 2 amide bonds. The molecule has 5 rings (SSSR count). The summed E-state index contributed by atoms with van der Waals surface area (Å²) in [5, 5.41) is 12.2. The Morgan fingerprint density at radius 1 is 1.11 bits per heavy atom. The number of aromatic nitrogens is 3. The van der Waals surface area contributed by atoms with Gasteiger partial charge in [0.05, 0.1) is 0 Å². The van der Waals surface area contributed by atoms with Crippen LogP contribution in [-0.4, -0.2) is 79.8 Å². The number of pyridine rings is 1. The molecular formula is C24H26F3N5O5. The number of carbonyl (C=O) groups excluding carboxylic acids is 2. The first kappa shape index (κ1) is 26.2. The van der Waals surface area contributed by atoms with E-state index in [-0.39, 0.29) is 17.9 Å². The highest BCUT2D eigenvalue weighted by Gasteiger charge is 2.39. The number of alkyl halides is 3. The van der Waals surface area contributed by atoms with Crippen molar-refractivity contribution in [1.82, 2.24) is 24.6 Å². The summed E-state index contributed by atoms with van der Waals surface area (Å²) in [7, 11) is 0. The standard InChI is InChI=1S/C22H25N5O3.C2HF3O2/c1-15(27-8-2-6-24-27)21(28)25-9-4-16(13-25)17-5-10-26(14-17)22(29)20-11-18-12-23-7-3-19(18)30-20;3-2(4,5)1(6)7/h2-3,6-8,11-12,15-17H,4-5,9-10,13-14H2,1H3;(H,6,7). The fraction of sp³-hybridized carbons (Fsp3) is 0.458. The van der Waals surface area contributed by atoms with Crippen LogP contribution in [0.1, 0.15) is 36.4 Å². The van der Waals surface area contributed by atoms with E-state index in [9.17, 15) is 22.8 Å². The van der Waals surface area contributed by atoms with Gasteiger partial charge in [0.25, 0.3) is 5.91 Å². The number of hydrogen-bond donors (Lipinski definition) is 1. The number of carboxylic acid groups (broad SMARTS) is 1. The molecule has 3 unspecified atom stereocenters. The second-order valence-electron chi connectivity index (χ2n) is 9.12. The number of furan rings is 1.